The van der Waals surface area contributed by atoms with Crippen LogP contribution in [0.2, 0.25) is 0 Å². The number of hydrogen-bond acceptors (Lipinski definition) is 6. The lowest BCUT2D eigenvalue weighted by Gasteiger charge is -2.25. The van der Waals surface area contributed by atoms with Crippen LogP contribution in [-0.2, 0) is 4.74 Å². The number of halogens is 1. The highest BCUT2D eigenvalue weighted by atomic mass is 19.1. The first-order valence-electron chi connectivity index (χ1n) is 13.5. The van der Waals surface area contributed by atoms with Gasteiger partial charge in [0.1, 0.15) is 17.1 Å². The smallest absolute Gasteiger partial charge is 0.338 e. The van der Waals surface area contributed by atoms with Crippen LogP contribution in [0.25, 0.3) is 11.0 Å². The number of fused-ring (bicyclic) bond motifs is 2. The van der Waals surface area contributed by atoms with Crippen molar-refractivity contribution < 1.29 is 27.9 Å². The maximum absolute atomic E-state index is 14.1. The molecule has 5 rings (SSSR count). The molecule has 1 aromatic heterocycles. The monoisotopic (exact) mass is 543 g/mol. The molecular formula is C32H30FNO6. The van der Waals surface area contributed by atoms with E-state index in [1.807, 2.05) is 6.92 Å². The van der Waals surface area contributed by atoms with Crippen molar-refractivity contribution in [3.05, 3.63) is 105 Å². The lowest BCUT2D eigenvalue weighted by Crippen LogP contribution is -2.29. The Kier molecular flexibility index (Phi) is 7.96. The molecule has 2 heterocycles. The molecule has 0 bridgehead atoms. The number of carbonyl (C=O) groups excluding carboxylic acids is 2. The van der Waals surface area contributed by atoms with E-state index in [-0.39, 0.29) is 22.3 Å². The molecule has 0 spiro atoms. The third kappa shape index (κ3) is 5.21. The second-order valence-corrected chi connectivity index (χ2v) is 9.70. The van der Waals surface area contributed by atoms with E-state index in [1.54, 1.807) is 48.5 Å². The zero-order valence-electron chi connectivity index (χ0n) is 22.4. The van der Waals surface area contributed by atoms with E-state index in [0.717, 1.165) is 31.7 Å². The maximum atomic E-state index is 14.1. The van der Waals surface area contributed by atoms with Crippen molar-refractivity contribution in [3.8, 4) is 5.75 Å². The number of hydrogen-bond donors (Lipinski definition) is 0. The molecule has 206 valence electrons. The van der Waals surface area contributed by atoms with Crippen LogP contribution in [0.5, 0.6) is 5.75 Å². The van der Waals surface area contributed by atoms with Crippen molar-refractivity contribution in [2.45, 2.75) is 45.6 Å². The van der Waals surface area contributed by atoms with Gasteiger partial charge in [-0.25, -0.2) is 9.18 Å². The summed E-state index contributed by atoms with van der Waals surface area (Å²) in [5.74, 6) is -0.957. The topological polar surface area (TPSA) is 86.0 Å². The number of amides is 1. The van der Waals surface area contributed by atoms with Crippen molar-refractivity contribution >= 4 is 28.5 Å². The highest BCUT2D eigenvalue weighted by Gasteiger charge is 2.43. The number of esters is 1. The summed E-state index contributed by atoms with van der Waals surface area (Å²) in [5, 5.41) is 0.0584. The van der Waals surface area contributed by atoms with Gasteiger partial charge in [-0.1, -0.05) is 38.8 Å². The van der Waals surface area contributed by atoms with Crippen LogP contribution in [0, 0.1) is 5.82 Å². The molecule has 1 atom stereocenters. The highest BCUT2D eigenvalue weighted by Crippen LogP contribution is 2.41. The molecular weight excluding hydrogens is 513 g/mol. The Bertz CT molecular complexity index is 1590. The van der Waals surface area contributed by atoms with Gasteiger partial charge >= 0.3 is 5.97 Å². The van der Waals surface area contributed by atoms with Crippen LogP contribution in [0.15, 0.2) is 75.9 Å². The second-order valence-electron chi connectivity index (χ2n) is 9.70. The van der Waals surface area contributed by atoms with Crippen LogP contribution < -0.4 is 15.1 Å². The van der Waals surface area contributed by atoms with E-state index in [4.69, 9.17) is 13.9 Å². The Labute approximate surface area is 231 Å². The Balaban J connectivity index is 1.57. The largest absolute Gasteiger partial charge is 0.494 e. The third-order valence-corrected chi connectivity index (χ3v) is 6.91. The summed E-state index contributed by atoms with van der Waals surface area (Å²) < 4.78 is 31.1. The fourth-order valence-corrected chi connectivity index (χ4v) is 4.76. The third-order valence-electron chi connectivity index (χ3n) is 6.91. The minimum absolute atomic E-state index is 0.0584. The SMILES string of the molecule is CCCCOC(=O)c1ccc(N2C(=O)c3oc4ccc(F)cc4c(=O)c3C2c2ccc(OCCCC)cc2)cc1. The van der Waals surface area contributed by atoms with Crippen molar-refractivity contribution in [1.82, 2.24) is 0 Å². The first kappa shape index (κ1) is 27.1. The number of nitrogens with zero attached hydrogens (tertiary/aromatic N) is 1. The standard InChI is InChI=1S/C32H30FNO6/c1-3-5-17-38-24-14-9-20(10-15-24)28-27-29(35)25-19-22(33)11-16-26(25)40-30(27)31(36)34(28)23-12-7-21(8-13-23)32(37)39-18-6-4-2/h7-16,19,28H,3-6,17-18H2,1-2H3. The molecule has 1 aliphatic heterocycles. The van der Waals surface area contributed by atoms with Crippen LogP contribution in [0.1, 0.15) is 77.6 Å². The van der Waals surface area contributed by atoms with Crippen molar-refractivity contribution in [2.75, 3.05) is 18.1 Å². The van der Waals surface area contributed by atoms with Gasteiger partial charge in [-0.3, -0.25) is 14.5 Å². The molecule has 0 saturated heterocycles. The Morgan fingerprint density at radius 3 is 2.33 bits per heavy atom. The lowest BCUT2D eigenvalue weighted by atomic mass is 9.98. The van der Waals surface area contributed by atoms with E-state index < -0.39 is 29.2 Å². The average molecular weight is 544 g/mol. The van der Waals surface area contributed by atoms with E-state index >= 15 is 0 Å². The molecule has 0 radical (unpaired) electrons. The summed E-state index contributed by atoms with van der Waals surface area (Å²) in [7, 11) is 0. The van der Waals surface area contributed by atoms with Gasteiger partial charge in [0.2, 0.25) is 5.76 Å². The van der Waals surface area contributed by atoms with Gasteiger partial charge in [0.25, 0.3) is 5.91 Å². The van der Waals surface area contributed by atoms with Crippen LogP contribution in [0.3, 0.4) is 0 Å². The molecule has 0 saturated carbocycles. The van der Waals surface area contributed by atoms with Crippen molar-refractivity contribution in [3.63, 3.8) is 0 Å². The summed E-state index contributed by atoms with van der Waals surface area (Å²) in [6.45, 7) is 5.01. The van der Waals surface area contributed by atoms with Gasteiger partial charge in [0.05, 0.1) is 35.8 Å². The van der Waals surface area contributed by atoms with Crippen LogP contribution in [-0.4, -0.2) is 25.1 Å². The predicted molar refractivity (Wildman–Crippen MR) is 150 cm³/mol. The van der Waals surface area contributed by atoms with Crippen molar-refractivity contribution in [2.24, 2.45) is 0 Å². The molecule has 40 heavy (non-hydrogen) atoms. The quantitative estimate of drug-likeness (QED) is 0.161. The fraction of sp³-hybridized carbons (Fsp3) is 0.281. The Hall–Kier alpha value is -4.46. The average Bonchev–Trinajstić information content (AvgIpc) is 3.26. The minimum Gasteiger partial charge on any atom is -0.494 e. The molecule has 1 unspecified atom stereocenters. The number of carbonyl (C=O) groups is 2. The van der Waals surface area contributed by atoms with Gasteiger partial charge < -0.3 is 13.9 Å². The molecule has 8 heteroatoms. The van der Waals surface area contributed by atoms with E-state index in [2.05, 4.69) is 6.92 Å². The summed E-state index contributed by atoms with van der Waals surface area (Å²) in [6.07, 6.45) is 3.61. The zero-order valence-corrected chi connectivity index (χ0v) is 22.4. The number of benzene rings is 3. The van der Waals surface area contributed by atoms with E-state index in [9.17, 15) is 18.8 Å². The second kappa shape index (κ2) is 11.7. The minimum atomic E-state index is -0.835. The Morgan fingerprint density at radius 1 is 0.925 bits per heavy atom. The number of anilines is 1. The molecule has 0 aliphatic carbocycles. The maximum Gasteiger partial charge on any atom is 0.338 e. The van der Waals surface area contributed by atoms with Crippen molar-refractivity contribution in [1.29, 1.82) is 0 Å². The number of ether oxygens (including phenoxy) is 2. The molecule has 1 amide bonds. The highest BCUT2D eigenvalue weighted by molar-refractivity contribution is 6.10. The number of rotatable bonds is 10. The van der Waals surface area contributed by atoms with Gasteiger partial charge in [-0.2, -0.15) is 0 Å². The van der Waals surface area contributed by atoms with Crippen LogP contribution >= 0.6 is 0 Å². The molecule has 0 N–H and O–H groups in total. The fourth-order valence-electron chi connectivity index (χ4n) is 4.76. The van der Waals surface area contributed by atoms with E-state index in [1.165, 1.54) is 17.0 Å². The molecule has 4 aromatic rings. The number of unbranched alkanes of at least 4 members (excludes halogenated alkanes) is 2. The van der Waals surface area contributed by atoms with E-state index in [0.29, 0.717) is 35.8 Å². The first-order valence-corrected chi connectivity index (χ1v) is 13.5. The summed E-state index contributed by atoms with van der Waals surface area (Å²) in [6, 6.07) is 16.5. The molecule has 1 aliphatic rings. The van der Waals surface area contributed by atoms with Gasteiger partial charge in [0.15, 0.2) is 5.43 Å². The van der Waals surface area contributed by atoms with Gasteiger partial charge in [0, 0.05) is 5.69 Å². The van der Waals surface area contributed by atoms with Crippen LogP contribution in [0.4, 0.5) is 10.1 Å². The zero-order chi connectivity index (χ0) is 28.2. The summed E-state index contributed by atoms with van der Waals surface area (Å²) in [4.78, 5) is 41.4. The lowest BCUT2D eigenvalue weighted by molar-refractivity contribution is 0.0499. The van der Waals surface area contributed by atoms with Gasteiger partial charge in [-0.15, -0.1) is 0 Å². The van der Waals surface area contributed by atoms with Gasteiger partial charge in [-0.05, 0) is 73.0 Å². The summed E-state index contributed by atoms with van der Waals surface area (Å²) >= 11 is 0. The molecule has 7 nitrogen and oxygen atoms in total. The predicted octanol–water partition coefficient (Wildman–Crippen LogP) is 6.82. The summed E-state index contributed by atoms with van der Waals surface area (Å²) in [5.41, 5.74) is 1.25. The normalized spacial score (nSPS) is 14.4. The molecule has 3 aromatic carbocycles. The molecule has 0 fully saturated rings. The first-order chi connectivity index (χ1) is 19.4. The Morgan fingerprint density at radius 2 is 1.62 bits per heavy atom.